The Kier molecular flexibility index (Phi) is 3.81. The van der Waals surface area contributed by atoms with Crippen molar-refractivity contribution in [1.29, 1.82) is 0 Å². The number of halogens is 1. The van der Waals surface area contributed by atoms with E-state index in [1.54, 1.807) is 6.07 Å². The van der Waals surface area contributed by atoms with Gasteiger partial charge in [0.15, 0.2) is 0 Å². The van der Waals surface area contributed by atoms with Crippen molar-refractivity contribution < 1.29 is 18.6 Å². The first-order valence-corrected chi connectivity index (χ1v) is 5.48. The smallest absolute Gasteiger partial charge is 0.135 e. The minimum atomic E-state index is -0.343. The van der Waals surface area contributed by atoms with Gasteiger partial charge in [0.25, 0.3) is 0 Å². The number of benzene rings is 1. The van der Waals surface area contributed by atoms with Gasteiger partial charge in [0.05, 0.1) is 33.5 Å². The van der Waals surface area contributed by atoms with Gasteiger partial charge in [-0.05, 0) is 0 Å². The Bertz CT molecular complexity index is 392. The van der Waals surface area contributed by atoms with E-state index in [0.717, 1.165) is 0 Å². The van der Waals surface area contributed by atoms with Crippen LogP contribution >= 0.6 is 0 Å². The standard InChI is InChI=1S/C12H16FNO3/c1-15-8-5-9(13)12(11(6-8)16-2)10-7-17-4-3-14-10/h5-6,10,14H,3-4,7H2,1-2H3. The molecule has 94 valence electrons. The molecule has 1 unspecified atom stereocenters. The highest BCUT2D eigenvalue weighted by molar-refractivity contribution is 5.43. The largest absolute Gasteiger partial charge is 0.497 e. The van der Waals surface area contributed by atoms with Gasteiger partial charge in [-0.2, -0.15) is 0 Å². The van der Waals surface area contributed by atoms with Crippen LogP contribution in [0.3, 0.4) is 0 Å². The lowest BCUT2D eigenvalue weighted by molar-refractivity contribution is 0.0748. The Labute approximate surface area is 99.7 Å². The van der Waals surface area contributed by atoms with Crippen LogP contribution in [0.1, 0.15) is 11.6 Å². The second kappa shape index (κ2) is 5.33. The summed E-state index contributed by atoms with van der Waals surface area (Å²) in [6.07, 6.45) is 0. The molecule has 1 aromatic rings. The van der Waals surface area contributed by atoms with Gasteiger partial charge >= 0.3 is 0 Å². The van der Waals surface area contributed by atoms with E-state index in [-0.39, 0.29) is 11.9 Å². The number of rotatable bonds is 3. The van der Waals surface area contributed by atoms with Gasteiger partial charge in [-0.3, -0.25) is 0 Å². The molecule has 1 aliphatic rings. The van der Waals surface area contributed by atoms with Crippen molar-refractivity contribution in [3.05, 3.63) is 23.5 Å². The van der Waals surface area contributed by atoms with Crippen LogP contribution in [0.25, 0.3) is 0 Å². The van der Waals surface area contributed by atoms with E-state index < -0.39 is 0 Å². The van der Waals surface area contributed by atoms with Crippen molar-refractivity contribution in [1.82, 2.24) is 5.32 Å². The molecule has 0 bridgehead atoms. The molecule has 0 aromatic heterocycles. The molecule has 1 aromatic carbocycles. The molecule has 0 saturated carbocycles. The highest BCUT2D eigenvalue weighted by Crippen LogP contribution is 2.33. The Morgan fingerprint density at radius 1 is 1.35 bits per heavy atom. The zero-order valence-corrected chi connectivity index (χ0v) is 9.96. The molecule has 1 aliphatic heterocycles. The molecule has 1 heterocycles. The Morgan fingerprint density at radius 3 is 2.76 bits per heavy atom. The third-order valence-electron chi connectivity index (χ3n) is 2.79. The van der Waals surface area contributed by atoms with E-state index in [1.807, 2.05) is 0 Å². The van der Waals surface area contributed by atoms with E-state index in [0.29, 0.717) is 36.8 Å². The summed E-state index contributed by atoms with van der Waals surface area (Å²) < 4.78 is 29.6. The van der Waals surface area contributed by atoms with Crippen molar-refractivity contribution >= 4 is 0 Å². The predicted octanol–water partition coefficient (Wildman–Crippen LogP) is 1.50. The van der Waals surface area contributed by atoms with Crippen molar-refractivity contribution in [2.24, 2.45) is 0 Å². The van der Waals surface area contributed by atoms with Gasteiger partial charge in [0.1, 0.15) is 17.3 Å². The zero-order valence-electron chi connectivity index (χ0n) is 9.96. The number of methoxy groups -OCH3 is 2. The summed E-state index contributed by atoms with van der Waals surface area (Å²) in [6, 6.07) is 2.85. The number of morpholine rings is 1. The van der Waals surface area contributed by atoms with E-state index in [9.17, 15) is 4.39 Å². The van der Waals surface area contributed by atoms with Crippen LogP contribution in [0.2, 0.25) is 0 Å². The molecule has 1 N–H and O–H groups in total. The molecule has 0 spiro atoms. The highest BCUT2D eigenvalue weighted by Gasteiger charge is 2.23. The molecule has 17 heavy (non-hydrogen) atoms. The maximum atomic E-state index is 14.0. The summed E-state index contributed by atoms with van der Waals surface area (Å²) in [7, 11) is 3.01. The first-order valence-electron chi connectivity index (χ1n) is 5.48. The molecule has 0 radical (unpaired) electrons. The highest BCUT2D eigenvalue weighted by atomic mass is 19.1. The van der Waals surface area contributed by atoms with Crippen molar-refractivity contribution in [2.45, 2.75) is 6.04 Å². The summed E-state index contributed by atoms with van der Waals surface area (Å²) in [5.74, 6) is 0.578. The molecule has 0 aliphatic carbocycles. The van der Waals surface area contributed by atoms with Gasteiger partial charge in [-0.1, -0.05) is 0 Å². The summed E-state index contributed by atoms with van der Waals surface area (Å²) >= 11 is 0. The normalized spacial score (nSPS) is 20.1. The number of hydrogen-bond donors (Lipinski definition) is 1. The topological polar surface area (TPSA) is 39.7 Å². The maximum Gasteiger partial charge on any atom is 0.135 e. The van der Waals surface area contributed by atoms with Crippen LogP contribution < -0.4 is 14.8 Å². The van der Waals surface area contributed by atoms with Gasteiger partial charge in [0.2, 0.25) is 0 Å². The Morgan fingerprint density at radius 2 is 2.18 bits per heavy atom. The van der Waals surface area contributed by atoms with Gasteiger partial charge < -0.3 is 19.5 Å². The van der Waals surface area contributed by atoms with Crippen LogP contribution in [0, 0.1) is 5.82 Å². The van der Waals surface area contributed by atoms with Crippen LogP contribution in [0.4, 0.5) is 4.39 Å². The average Bonchev–Trinajstić information content (AvgIpc) is 2.38. The SMILES string of the molecule is COc1cc(F)c(C2COCCN2)c(OC)c1. The van der Waals surface area contributed by atoms with E-state index in [4.69, 9.17) is 14.2 Å². The Balaban J connectivity index is 2.36. The second-order valence-corrected chi connectivity index (χ2v) is 3.81. The summed E-state index contributed by atoms with van der Waals surface area (Å²) in [5, 5.41) is 3.20. The predicted molar refractivity (Wildman–Crippen MR) is 61.1 cm³/mol. The average molecular weight is 241 g/mol. The third kappa shape index (κ3) is 2.50. The van der Waals surface area contributed by atoms with E-state index in [1.165, 1.54) is 20.3 Å². The monoisotopic (exact) mass is 241 g/mol. The lowest BCUT2D eigenvalue weighted by Crippen LogP contribution is -2.35. The molecule has 0 amide bonds. The van der Waals surface area contributed by atoms with Crippen LogP contribution in [0.5, 0.6) is 11.5 Å². The molecule has 5 heteroatoms. The zero-order chi connectivity index (χ0) is 12.3. The first-order chi connectivity index (χ1) is 8.26. The molecule has 1 atom stereocenters. The van der Waals surface area contributed by atoms with Crippen LogP contribution in [-0.4, -0.2) is 34.0 Å². The molecule has 4 nitrogen and oxygen atoms in total. The fraction of sp³-hybridized carbons (Fsp3) is 0.500. The minimum absolute atomic E-state index is 0.176. The fourth-order valence-electron chi connectivity index (χ4n) is 1.94. The molecule has 2 rings (SSSR count). The maximum absolute atomic E-state index is 14.0. The summed E-state index contributed by atoms with van der Waals surface area (Å²) in [5.41, 5.74) is 0.494. The molecule has 1 saturated heterocycles. The Hall–Kier alpha value is -1.33. The summed E-state index contributed by atoms with van der Waals surface area (Å²) in [6.45, 7) is 1.80. The van der Waals surface area contributed by atoms with E-state index in [2.05, 4.69) is 5.32 Å². The van der Waals surface area contributed by atoms with E-state index >= 15 is 0 Å². The molecule has 1 fully saturated rings. The van der Waals surface area contributed by atoms with Crippen molar-refractivity contribution in [3.8, 4) is 11.5 Å². The van der Waals surface area contributed by atoms with Crippen molar-refractivity contribution in [2.75, 3.05) is 34.0 Å². The second-order valence-electron chi connectivity index (χ2n) is 3.81. The first kappa shape index (κ1) is 12.1. The van der Waals surface area contributed by atoms with Gasteiger partial charge in [-0.25, -0.2) is 4.39 Å². The fourth-order valence-corrected chi connectivity index (χ4v) is 1.94. The van der Waals surface area contributed by atoms with Crippen molar-refractivity contribution in [3.63, 3.8) is 0 Å². The minimum Gasteiger partial charge on any atom is -0.497 e. The van der Waals surface area contributed by atoms with Crippen LogP contribution in [0.15, 0.2) is 12.1 Å². The quantitative estimate of drug-likeness (QED) is 0.870. The molecular formula is C12H16FNO3. The van der Waals surface area contributed by atoms with Crippen LogP contribution in [-0.2, 0) is 4.74 Å². The molecular weight excluding hydrogens is 225 g/mol. The van der Waals surface area contributed by atoms with Gasteiger partial charge in [-0.15, -0.1) is 0 Å². The lowest BCUT2D eigenvalue weighted by atomic mass is 10.0. The number of ether oxygens (including phenoxy) is 3. The number of nitrogens with one attached hydrogen (secondary N) is 1. The third-order valence-corrected chi connectivity index (χ3v) is 2.79. The lowest BCUT2D eigenvalue weighted by Gasteiger charge is -2.26. The number of hydrogen-bond acceptors (Lipinski definition) is 4. The van der Waals surface area contributed by atoms with Gasteiger partial charge in [0, 0.05) is 24.2 Å². The summed E-state index contributed by atoms with van der Waals surface area (Å²) in [4.78, 5) is 0.